The molecule has 0 aliphatic heterocycles. The quantitative estimate of drug-likeness (QED) is 0.160. The van der Waals surface area contributed by atoms with Gasteiger partial charge in [-0.1, -0.05) is 72.8 Å². The van der Waals surface area contributed by atoms with E-state index in [1.807, 2.05) is 36.4 Å². The monoisotopic (exact) mass is 645 g/mol. The van der Waals surface area contributed by atoms with Gasteiger partial charge in [-0.25, -0.2) is 0 Å². The van der Waals surface area contributed by atoms with E-state index in [4.69, 9.17) is 14.2 Å². The molecule has 0 radical (unpaired) electrons. The zero-order chi connectivity index (χ0) is 32.9. The summed E-state index contributed by atoms with van der Waals surface area (Å²) < 4.78 is 17.9. The van der Waals surface area contributed by atoms with Gasteiger partial charge < -0.3 is 30.2 Å². The average molecular weight is 646 g/mol. The van der Waals surface area contributed by atoms with Gasteiger partial charge in [0, 0.05) is 55.6 Å². The molecule has 3 atom stereocenters. The number of carbonyl (C=O) groups is 3. The topological polar surface area (TPSA) is 115 Å². The zero-order valence-corrected chi connectivity index (χ0v) is 26.7. The molecule has 9 nitrogen and oxygen atoms in total. The van der Waals surface area contributed by atoms with Crippen LogP contribution >= 0.6 is 0 Å². The Morgan fingerprint density at radius 3 is 1.06 bits per heavy atom. The molecule has 7 rings (SSSR count). The highest BCUT2D eigenvalue weighted by molar-refractivity contribution is 6.04. The van der Waals surface area contributed by atoms with Crippen LogP contribution < -0.4 is 16.0 Å². The van der Waals surface area contributed by atoms with Crippen molar-refractivity contribution in [2.75, 3.05) is 39.5 Å². The van der Waals surface area contributed by atoms with Crippen LogP contribution in [0.25, 0.3) is 0 Å². The van der Waals surface area contributed by atoms with E-state index in [-0.39, 0.29) is 35.0 Å². The summed E-state index contributed by atoms with van der Waals surface area (Å²) in [4.78, 5) is 39.6. The van der Waals surface area contributed by atoms with Crippen molar-refractivity contribution in [3.8, 4) is 0 Å². The molecule has 246 valence electrons. The Hall–Kier alpha value is -4.83. The molecule has 4 aromatic rings. The number of ether oxygens (including phenoxy) is 3. The zero-order valence-electron chi connectivity index (χ0n) is 26.7. The van der Waals surface area contributed by atoms with Crippen LogP contribution in [0.5, 0.6) is 0 Å². The van der Waals surface area contributed by atoms with E-state index in [1.54, 1.807) is 0 Å². The number of nitrogens with one attached hydrogen (secondary N) is 3. The molecule has 0 fully saturated rings. The lowest BCUT2D eigenvalue weighted by Gasteiger charge is -2.30. The smallest absolute Gasteiger partial charge is 0.251 e. The van der Waals surface area contributed by atoms with Crippen molar-refractivity contribution in [2.45, 2.75) is 37.6 Å². The summed E-state index contributed by atoms with van der Waals surface area (Å²) in [5.74, 6) is -1.18. The third-order valence-corrected chi connectivity index (χ3v) is 9.26. The molecule has 9 heteroatoms. The summed E-state index contributed by atoms with van der Waals surface area (Å²) in [7, 11) is 0. The third kappa shape index (κ3) is 7.04. The molecule has 48 heavy (non-hydrogen) atoms. The first-order chi connectivity index (χ1) is 23.5. The lowest BCUT2D eigenvalue weighted by atomic mass is 9.85. The normalized spacial score (nSPS) is 18.1. The molecule has 4 aromatic carbocycles. The molecule has 0 saturated heterocycles. The van der Waals surface area contributed by atoms with Gasteiger partial charge in [-0.2, -0.15) is 0 Å². The van der Waals surface area contributed by atoms with Crippen molar-refractivity contribution in [1.82, 2.24) is 16.0 Å². The SMILES string of the molecule is O=C(NCCOC1Cc2ccccc21)c1cc(C(=O)NCCOC2Cc3ccccc32)cc(C(=O)NCCOC2Cc3ccccc32)c1. The van der Waals surface area contributed by atoms with E-state index in [0.29, 0.717) is 39.5 Å². The second-order valence-electron chi connectivity index (χ2n) is 12.4. The number of amides is 3. The predicted octanol–water partition coefficient (Wildman–Crippen LogP) is 4.82. The molecule has 3 amide bonds. The largest absolute Gasteiger partial charge is 0.371 e. The number of carbonyl (C=O) groups excluding carboxylic acids is 3. The predicted molar refractivity (Wildman–Crippen MR) is 180 cm³/mol. The van der Waals surface area contributed by atoms with Gasteiger partial charge in [-0.15, -0.1) is 0 Å². The first-order valence-electron chi connectivity index (χ1n) is 16.6. The fourth-order valence-electron chi connectivity index (χ4n) is 6.51. The van der Waals surface area contributed by atoms with E-state index in [0.717, 1.165) is 19.3 Å². The lowest BCUT2D eigenvalue weighted by Crippen LogP contribution is -2.32. The second-order valence-corrected chi connectivity index (χ2v) is 12.4. The third-order valence-electron chi connectivity index (χ3n) is 9.26. The highest BCUT2D eigenvalue weighted by atomic mass is 16.5. The lowest BCUT2D eigenvalue weighted by molar-refractivity contribution is 0.0381. The van der Waals surface area contributed by atoms with Gasteiger partial charge in [0.25, 0.3) is 17.7 Å². The van der Waals surface area contributed by atoms with Gasteiger partial charge in [0.05, 0.1) is 38.1 Å². The molecule has 3 aliphatic carbocycles. The van der Waals surface area contributed by atoms with Crippen molar-refractivity contribution in [2.24, 2.45) is 0 Å². The van der Waals surface area contributed by atoms with Gasteiger partial charge in [-0.3, -0.25) is 14.4 Å². The summed E-state index contributed by atoms with van der Waals surface area (Å²) in [6, 6.07) is 29.0. The minimum Gasteiger partial charge on any atom is -0.371 e. The van der Waals surface area contributed by atoms with Gasteiger partial charge in [0.1, 0.15) is 0 Å². The number of hydrogen-bond acceptors (Lipinski definition) is 6. The van der Waals surface area contributed by atoms with E-state index >= 15 is 0 Å². The second kappa shape index (κ2) is 14.5. The number of benzene rings is 4. The van der Waals surface area contributed by atoms with Crippen LogP contribution in [-0.2, 0) is 33.5 Å². The number of hydrogen-bond donors (Lipinski definition) is 3. The van der Waals surface area contributed by atoms with Crippen LogP contribution in [0, 0.1) is 0 Å². The maximum Gasteiger partial charge on any atom is 0.251 e. The van der Waals surface area contributed by atoms with Crippen LogP contribution in [0.2, 0.25) is 0 Å². The molecule has 3 unspecified atom stereocenters. The molecular formula is C39H39N3O6. The van der Waals surface area contributed by atoms with Crippen molar-refractivity contribution >= 4 is 17.7 Å². The van der Waals surface area contributed by atoms with Crippen molar-refractivity contribution < 1.29 is 28.6 Å². The number of rotatable bonds is 15. The maximum atomic E-state index is 13.2. The molecule has 0 saturated carbocycles. The van der Waals surface area contributed by atoms with E-state index in [9.17, 15) is 14.4 Å². The Morgan fingerprint density at radius 2 is 0.771 bits per heavy atom. The standard InChI is InChI=1S/C39H39N3O6/c43-37(40-13-16-46-34-22-25-7-1-4-10-31(25)34)28-19-29(38(44)41-14-17-47-35-23-26-8-2-5-11-32(26)35)21-30(20-28)39(45)42-15-18-48-36-24-27-9-3-6-12-33(27)36/h1-12,19-21,34-36H,13-18,22-24H2,(H,40,43)(H,41,44)(H,42,45). The summed E-state index contributed by atoms with van der Waals surface area (Å²) in [5, 5.41) is 8.59. The summed E-state index contributed by atoms with van der Waals surface area (Å²) in [6.07, 6.45) is 2.68. The van der Waals surface area contributed by atoms with E-state index in [2.05, 4.69) is 52.3 Å². The van der Waals surface area contributed by atoms with Crippen molar-refractivity contribution in [3.05, 3.63) is 141 Å². The molecule has 0 bridgehead atoms. The Morgan fingerprint density at radius 1 is 0.479 bits per heavy atom. The van der Waals surface area contributed by atoms with E-state index < -0.39 is 17.7 Å². The highest BCUT2D eigenvalue weighted by Gasteiger charge is 2.28. The summed E-state index contributed by atoms with van der Waals surface area (Å²) in [6.45, 7) is 1.90. The number of fused-ring (bicyclic) bond motifs is 3. The molecule has 3 aliphatic rings. The first-order valence-corrected chi connectivity index (χ1v) is 16.6. The van der Waals surface area contributed by atoms with Crippen LogP contribution in [0.3, 0.4) is 0 Å². The fourth-order valence-corrected chi connectivity index (χ4v) is 6.51. The van der Waals surface area contributed by atoms with Crippen molar-refractivity contribution in [1.29, 1.82) is 0 Å². The van der Waals surface area contributed by atoms with Gasteiger partial charge in [0.15, 0.2) is 0 Å². The average Bonchev–Trinajstić information content (AvgIpc) is 3.08. The highest BCUT2D eigenvalue weighted by Crippen LogP contribution is 2.37. The minimum atomic E-state index is -0.393. The summed E-state index contributed by atoms with van der Waals surface area (Å²) >= 11 is 0. The molecule has 0 heterocycles. The van der Waals surface area contributed by atoms with E-state index in [1.165, 1.54) is 51.6 Å². The van der Waals surface area contributed by atoms with Crippen LogP contribution in [0.1, 0.15) is 82.8 Å². The molecule has 0 aromatic heterocycles. The maximum absolute atomic E-state index is 13.2. The molecule has 0 spiro atoms. The Balaban J connectivity index is 0.933. The van der Waals surface area contributed by atoms with Crippen molar-refractivity contribution in [3.63, 3.8) is 0 Å². The van der Waals surface area contributed by atoms with Gasteiger partial charge >= 0.3 is 0 Å². The minimum absolute atomic E-state index is 0.0338. The fraction of sp³-hybridized carbons (Fsp3) is 0.308. The van der Waals surface area contributed by atoms with Gasteiger partial charge in [-0.05, 0) is 51.6 Å². The van der Waals surface area contributed by atoms with Crippen LogP contribution in [0.15, 0.2) is 91.0 Å². The van der Waals surface area contributed by atoms with Crippen LogP contribution in [0.4, 0.5) is 0 Å². The molecule has 3 N–H and O–H groups in total. The Bertz CT molecular complexity index is 1600. The Labute approximate surface area is 280 Å². The van der Waals surface area contributed by atoms with Gasteiger partial charge in [0.2, 0.25) is 0 Å². The molecular weight excluding hydrogens is 606 g/mol. The Kier molecular flexibility index (Phi) is 9.60. The van der Waals surface area contributed by atoms with Crippen LogP contribution in [-0.4, -0.2) is 57.2 Å². The first kappa shape index (κ1) is 31.8. The summed E-state index contributed by atoms with van der Waals surface area (Å²) in [5.41, 5.74) is 8.05.